The molecule has 0 spiro atoms. The molecule has 0 heterocycles. The minimum atomic E-state index is -0.928. The van der Waals surface area contributed by atoms with Crippen LogP contribution in [-0.2, 0) is 9.59 Å². The summed E-state index contributed by atoms with van der Waals surface area (Å²) in [7, 11) is 0. The molecule has 4 nitrogen and oxygen atoms in total. The molecule has 1 aromatic rings. The van der Waals surface area contributed by atoms with Crippen molar-refractivity contribution < 1.29 is 14.7 Å². The van der Waals surface area contributed by atoms with Gasteiger partial charge in [-0.3, -0.25) is 9.59 Å². The Morgan fingerprint density at radius 1 is 1.32 bits per heavy atom. The van der Waals surface area contributed by atoms with Crippen molar-refractivity contribution in [2.24, 2.45) is 5.92 Å². The van der Waals surface area contributed by atoms with Crippen LogP contribution >= 0.6 is 15.9 Å². The Morgan fingerprint density at radius 2 is 1.95 bits per heavy atom. The van der Waals surface area contributed by atoms with Crippen LogP contribution in [-0.4, -0.2) is 23.0 Å². The van der Waals surface area contributed by atoms with Gasteiger partial charge < -0.3 is 10.4 Å². The first-order valence-electron chi connectivity index (χ1n) is 5.87. The van der Waals surface area contributed by atoms with Crippen LogP contribution in [0.15, 0.2) is 34.8 Å². The highest BCUT2D eigenvalue weighted by atomic mass is 79.9. The van der Waals surface area contributed by atoms with Crippen molar-refractivity contribution in [2.45, 2.75) is 19.9 Å². The average molecular weight is 326 g/mol. The number of carboxylic acid groups (broad SMARTS) is 1. The number of hydrogen-bond acceptors (Lipinski definition) is 2. The van der Waals surface area contributed by atoms with Gasteiger partial charge >= 0.3 is 5.97 Å². The summed E-state index contributed by atoms with van der Waals surface area (Å²) in [5.41, 5.74) is 0.886. The molecule has 1 aromatic carbocycles. The predicted molar refractivity (Wildman–Crippen MR) is 77.6 cm³/mol. The molecule has 0 aromatic heterocycles. The molecule has 5 heteroatoms. The van der Waals surface area contributed by atoms with E-state index in [2.05, 4.69) is 21.2 Å². The van der Waals surface area contributed by atoms with E-state index >= 15 is 0 Å². The van der Waals surface area contributed by atoms with E-state index in [0.717, 1.165) is 10.0 Å². The fourth-order valence-corrected chi connectivity index (χ4v) is 1.80. The monoisotopic (exact) mass is 325 g/mol. The molecule has 102 valence electrons. The first-order chi connectivity index (χ1) is 8.91. The molecule has 2 atom stereocenters. The maximum absolute atomic E-state index is 11.7. The number of aliphatic carboxylic acids is 1. The zero-order valence-electron chi connectivity index (χ0n) is 10.8. The molecule has 2 N–H and O–H groups in total. The van der Waals surface area contributed by atoms with Gasteiger partial charge in [0.1, 0.15) is 0 Å². The predicted octanol–water partition coefficient (Wildman–Crippen LogP) is 2.69. The van der Waals surface area contributed by atoms with E-state index in [1.165, 1.54) is 6.08 Å². The van der Waals surface area contributed by atoms with Crippen LogP contribution in [0.25, 0.3) is 6.08 Å². The highest BCUT2D eigenvalue weighted by Crippen LogP contribution is 2.17. The number of rotatable bonds is 5. The Balaban J connectivity index is 2.61. The molecular weight excluding hydrogens is 310 g/mol. The van der Waals surface area contributed by atoms with Gasteiger partial charge in [0.25, 0.3) is 0 Å². The number of benzene rings is 1. The maximum Gasteiger partial charge on any atom is 0.308 e. The number of hydrogen-bond donors (Lipinski definition) is 2. The summed E-state index contributed by atoms with van der Waals surface area (Å²) < 4.78 is 0.894. The number of carboxylic acids is 1. The molecule has 0 saturated carbocycles. The van der Waals surface area contributed by atoms with Crippen LogP contribution in [0.3, 0.4) is 0 Å². The van der Waals surface area contributed by atoms with Gasteiger partial charge in [0.05, 0.1) is 5.92 Å². The first-order valence-corrected chi connectivity index (χ1v) is 6.67. The number of nitrogens with one attached hydrogen (secondary N) is 1. The number of halogens is 1. The molecule has 0 bridgehead atoms. The van der Waals surface area contributed by atoms with E-state index in [1.807, 2.05) is 24.3 Å². The van der Waals surface area contributed by atoms with Gasteiger partial charge in [-0.2, -0.15) is 0 Å². The fourth-order valence-electron chi connectivity index (χ4n) is 1.39. The Bertz CT molecular complexity index is 499. The fraction of sp³-hybridized carbons (Fsp3) is 0.286. The lowest BCUT2D eigenvalue weighted by atomic mass is 10.0. The van der Waals surface area contributed by atoms with E-state index in [4.69, 9.17) is 5.11 Å². The second-order valence-electron chi connectivity index (χ2n) is 4.28. The summed E-state index contributed by atoms with van der Waals surface area (Å²) in [6.07, 6.45) is 3.07. The van der Waals surface area contributed by atoms with Crippen LogP contribution in [0.4, 0.5) is 0 Å². The topological polar surface area (TPSA) is 66.4 Å². The molecule has 0 aliphatic heterocycles. The Hall–Kier alpha value is -1.62. The molecule has 0 saturated heterocycles. The van der Waals surface area contributed by atoms with Crippen molar-refractivity contribution in [2.75, 3.05) is 0 Å². The lowest BCUT2D eigenvalue weighted by Crippen LogP contribution is -2.39. The van der Waals surface area contributed by atoms with Gasteiger partial charge in [-0.05, 0) is 31.6 Å². The van der Waals surface area contributed by atoms with Crippen molar-refractivity contribution in [3.8, 4) is 0 Å². The van der Waals surface area contributed by atoms with Gasteiger partial charge in [-0.1, -0.05) is 34.1 Å². The Labute approximate surface area is 120 Å². The molecule has 0 aliphatic rings. The van der Waals surface area contributed by atoms with Crippen LogP contribution < -0.4 is 5.32 Å². The van der Waals surface area contributed by atoms with Gasteiger partial charge in [-0.25, -0.2) is 0 Å². The van der Waals surface area contributed by atoms with Crippen LogP contribution in [0.1, 0.15) is 19.4 Å². The minimum Gasteiger partial charge on any atom is -0.481 e. The largest absolute Gasteiger partial charge is 0.481 e. The third-order valence-electron chi connectivity index (χ3n) is 2.83. The summed E-state index contributed by atoms with van der Waals surface area (Å²) in [5.74, 6) is -1.86. The Morgan fingerprint density at radius 3 is 2.53 bits per heavy atom. The standard InChI is InChI=1S/C14H16BrNO3/c1-9(14(18)19)10(2)16-13(17)8-7-11-5-3-4-6-12(11)15/h3-10H,1-2H3,(H,16,17)(H,18,19)/b8-7+. The van der Waals surface area contributed by atoms with Gasteiger partial charge in [0.2, 0.25) is 5.91 Å². The van der Waals surface area contributed by atoms with Crippen LogP contribution in [0.2, 0.25) is 0 Å². The van der Waals surface area contributed by atoms with Gasteiger partial charge in [0, 0.05) is 16.6 Å². The van der Waals surface area contributed by atoms with E-state index in [1.54, 1.807) is 19.9 Å². The SMILES string of the molecule is CC(NC(=O)/C=C/c1ccccc1Br)C(C)C(=O)O. The van der Waals surface area contributed by atoms with Crippen molar-refractivity contribution >= 4 is 33.9 Å². The minimum absolute atomic E-state index is 0.309. The summed E-state index contributed by atoms with van der Waals surface area (Å²) in [4.78, 5) is 22.4. The molecule has 1 rings (SSSR count). The van der Waals surface area contributed by atoms with Crippen molar-refractivity contribution in [1.29, 1.82) is 0 Å². The van der Waals surface area contributed by atoms with Gasteiger partial charge in [-0.15, -0.1) is 0 Å². The summed E-state index contributed by atoms with van der Waals surface area (Å²) in [6, 6.07) is 7.09. The molecular formula is C14H16BrNO3. The van der Waals surface area contributed by atoms with Crippen molar-refractivity contribution in [3.05, 3.63) is 40.4 Å². The molecule has 19 heavy (non-hydrogen) atoms. The normalized spacial score (nSPS) is 14.1. The van der Waals surface area contributed by atoms with E-state index in [-0.39, 0.29) is 5.91 Å². The zero-order chi connectivity index (χ0) is 14.4. The highest BCUT2D eigenvalue weighted by Gasteiger charge is 2.19. The Kier molecular flexibility index (Phi) is 5.76. The van der Waals surface area contributed by atoms with E-state index in [0.29, 0.717) is 0 Å². The van der Waals surface area contributed by atoms with Gasteiger partial charge in [0.15, 0.2) is 0 Å². The second-order valence-corrected chi connectivity index (χ2v) is 5.13. The third kappa shape index (κ3) is 4.87. The van der Waals surface area contributed by atoms with Crippen molar-refractivity contribution in [3.63, 3.8) is 0 Å². The molecule has 0 fully saturated rings. The van der Waals surface area contributed by atoms with Crippen molar-refractivity contribution in [1.82, 2.24) is 5.32 Å². The smallest absolute Gasteiger partial charge is 0.308 e. The zero-order valence-corrected chi connectivity index (χ0v) is 12.3. The lowest BCUT2D eigenvalue weighted by Gasteiger charge is -2.16. The number of carbonyl (C=O) groups is 2. The van der Waals surface area contributed by atoms with Crippen LogP contribution in [0.5, 0.6) is 0 Å². The highest BCUT2D eigenvalue weighted by molar-refractivity contribution is 9.10. The quantitative estimate of drug-likeness (QED) is 0.818. The molecule has 0 radical (unpaired) electrons. The molecule has 2 unspecified atom stereocenters. The van der Waals surface area contributed by atoms with E-state index < -0.39 is 17.9 Å². The maximum atomic E-state index is 11.7. The summed E-state index contributed by atoms with van der Waals surface area (Å²) >= 11 is 3.38. The summed E-state index contributed by atoms with van der Waals surface area (Å²) in [6.45, 7) is 3.23. The molecule has 1 amide bonds. The lowest BCUT2D eigenvalue weighted by molar-refractivity contribution is -0.142. The summed E-state index contributed by atoms with van der Waals surface area (Å²) in [5, 5.41) is 11.5. The third-order valence-corrected chi connectivity index (χ3v) is 3.55. The average Bonchev–Trinajstić information content (AvgIpc) is 2.36. The number of amides is 1. The van der Waals surface area contributed by atoms with E-state index in [9.17, 15) is 9.59 Å². The van der Waals surface area contributed by atoms with Crippen LogP contribution in [0, 0.1) is 5.92 Å². The molecule has 0 aliphatic carbocycles. The first kappa shape index (κ1) is 15.4. The number of carbonyl (C=O) groups excluding carboxylic acids is 1. The second kappa shape index (κ2) is 7.09.